The molecule has 1 amide bonds. The first-order valence-electron chi connectivity index (χ1n) is 8.42. The minimum Gasteiger partial charge on any atom is -0.494 e. The van der Waals surface area contributed by atoms with Gasteiger partial charge in [-0.2, -0.15) is 0 Å². The van der Waals surface area contributed by atoms with E-state index < -0.39 is 5.97 Å². The van der Waals surface area contributed by atoms with E-state index in [-0.39, 0.29) is 12.5 Å². The fourth-order valence-corrected chi connectivity index (χ4v) is 2.33. The maximum atomic E-state index is 11.9. The molecule has 0 bridgehead atoms. The van der Waals surface area contributed by atoms with Crippen molar-refractivity contribution in [1.29, 1.82) is 0 Å². The standard InChI is InChI=1S/C21H23NO4/c1-4-25-18-9-6-17(7-10-18)8-12-21(24)26-14-20(23)22-19-11-5-15(2)13-16(19)3/h5-13H,4,14H2,1-3H3,(H,22,23)/b12-8+. The molecule has 0 aliphatic carbocycles. The molecule has 5 nitrogen and oxygen atoms in total. The summed E-state index contributed by atoms with van der Waals surface area (Å²) in [5.74, 6) is -0.176. The molecule has 2 aromatic carbocycles. The van der Waals surface area contributed by atoms with Gasteiger partial charge in [0.25, 0.3) is 5.91 Å². The number of amides is 1. The number of hydrogen-bond acceptors (Lipinski definition) is 4. The van der Waals surface area contributed by atoms with Crippen LogP contribution in [0.1, 0.15) is 23.6 Å². The molecule has 2 aromatic rings. The second-order valence-electron chi connectivity index (χ2n) is 5.81. The van der Waals surface area contributed by atoms with Crippen LogP contribution in [0.2, 0.25) is 0 Å². The second-order valence-corrected chi connectivity index (χ2v) is 5.81. The Labute approximate surface area is 153 Å². The van der Waals surface area contributed by atoms with Crippen LogP contribution in [-0.4, -0.2) is 25.1 Å². The van der Waals surface area contributed by atoms with E-state index in [1.54, 1.807) is 6.08 Å². The lowest BCUT2D eigenvalue weighted by molar-refractivity contribution is -0.142. The Kier molecular flexibility index (Phi) is 6.97. The van der Waals surface area contributed by atoms with Gasteiger partial charge in [-0.15, -0.1) is 0 Å². The molecule has 0 saturated heterocycles. The Hall–Kier alpha value is -3.08. The van der Waals surface area contributed by atoms with Gasteiger partial charge in [-0.25, -0.2) is 4.79 Å². The summed E-state index contributed by atoms with van der Waals surface area (Å²) in [4.78, 5) is 23.6. The molecule has 2 rings (SSSR count). The highest BCUT2D eigenvalue weighted by Crippen LogP contribution is 2.16. The van der Waals surface area contributed by atoms with Gasteiger partial charge in [0.15, 0.2) is 6.61 Å². The molecule has 0 spiro atoms. The normalized spacial score (nSPS) is 10.6. The predicted molar refractivity (Wildman–Crippen MR) is 102 cm³/mol. The van der Waals surface area contributed by atoms with Crippen molar-refractivity contribution in [1.82, 2.24) is 0 Å². The van der Waals surface area contributed by atoms with Crippen LogP contribution < -0.4 is 10.1 Å². The maximum Gasteiger partial charge on any atom is 0.331 e. The number of nitrogens with one attached hydrogen (secondary N) is 1. The van der Waals surface area contributed by atoms with Gasteiger partial charge in [-0.1, -0.05) is 29.8 Å². The number of benzene rings is 2. The lowest BCUT2D eigenvalue weighted by Gasteiger charge is -2.09. The first-order chi connectivity index (χ1) is 12.5. The summed E-state index contributed by atoms with van der Waals surface area (Å²) in [5, 5.41) is 2.73. The average Bonchev–Trinajstić information content (AvgIpc) is 2.62. The largest absolute Gasteiger partial charge is 0.494 e. The molecule has 0 aliphatic heterocycles. The average molecular weight is 353 g/mol. The summed E-state index contributed by atoms with van der Waals surface area (Å²) in [5.41, 5.74) is 3.62. The quantitative estimate of drug-likeness (QED) is 0.606. The SMILES string of the molecule is CCOc1ccc(/C=C/C(=O)OCC(=O)Nc2ccc(C)cc2C)cc1. The highest BCUT2D eigenvalue weighted by Gasteiger charge is 2.07. The molecule has 0 fully saturated rings. The third kappa shape index (κ3) is 6.09. The van der Waals surface area contributed by atoms with E-state index in [0.717, 1.165) is 22.4 Å². The topological polar surface area (TPSA) is 64.6 Å². The molecule has 0 aliphatic rings. The zero-order valence-electron chi connectivity index (χ0n) is 15.2. The fraction of sp³-hybridized carbons (Fsp3) is 0.238. The van der Waals surface area contributed by atoms with Gasteiger partial charge < -0.3 is 14.8 Å². The Bertz CT molecular complexity index is 794. The van der Waals surface area contributed by atoms with Crippen molar-refractivity contribution in [2.45, 2.75) is 20.8 Å². The zero-order chi connectivity index (χ0) is 18.9. The molecule has 26 heavy (non-hydrogen) atoms. The molecule has 136 valence electrons. The Balaban J connectivity index is 1.81. The fourth-order valence-electron chi connectivity index (χ4n) is 2.33. The minimum atomic E-state index is -0.574. The molecule has 0 unspecified atom stereocenters. The van der Waals surface area contributed by atoms with E-state index in [2.05, 4.69) is 5.32 Å². The highest BCUT2D eigenvalue weighted by molar-refractivity contribution is 5.95. The summed E-state index contributed by atoms with van der Waals surface area (Å²) < 4.78 is 10.3. The van der Waals surface area contributed by atoms with Crippen LogP contribution in [0, 0.1) is 13.8 Å². The third-order valence-corrected chi connectivity index (χ3v) is 3.60. The van der Waals surface area contributed by atoms with Crippen LogP contribution in [-0.2, 0) is 14.3 Å². The Morgan fingerprint density at radius 1 is 1.08 bits per heavy atom. The number of carbonyl (C=O) groups excluding carboxylic acids is 2. The van der Waals surface area contributed by atoms with Crippen LogP contribution >= 0.6 is 0 Å². The number of esters is 1. The lowest BCUT2D eigenvalue weighted by Crippen LogP contribution is -2.20. The summed E-state index contributed by atoms with van der Waals surface area (Å²) in [6, 6.07) is 13.0. The summed E-state index contributed by atoms with van der Waals surface area (Å²) in [7, 11) is 0. The van der Waals surface area contributed by atoms with E-state index >= 15 is 0 Å². The molecule has 0 saturated carbocycles. The van der Waals surface area contributed by atoms with Crippen molar-refractivity contribution in [2.75, 3.05) is 18.5 Å². The smallest absolute Gasteiger partial charge is 0.331 e. The second kappa shape index (κ2) is 9.42. The number of ether oxygens (including phenoxy) is 2. The molecule has 1 N–H and O–H groups in total. The number of aryl methyl sites for hydroxylation is 2. The van der Waals surface area contributed by atoms with Crippen LogP contribution in [0.5, 0.6) is 5.75 Å². The van der Waals surface area contributed by atoms with Gasteiger partial charge in [0, 0.05) is 11.8 Å². The van der Waals surface area contributed by atoms with Crippen LogP contribution in [0.4, 0.5) is 5.69 Å². The van der Waals surface area contributed by atoms with Crippen molar-refractivity contribution in [3.8, 4) is 5.75 Å². The molecule has 0 radical (unpaired) electrons. The molecule has 5 heteroatoms. The minimum absolute atomic E-state index is 0.334. The van der Waals surface area contributed by atoms with Gasteiger partial charge in [-0.05, 0) is 56.2 Å². The van der Waals surface area contributed by atoms with E-state index in [0.29, 0.717) is 12.3 Å². The van der Waals surface area contributed by atoms with Gasteiger partial charge in [0.1, 0.15) is 5.75 Å². The van der Waals surface area contributed by atoms with Gasteiger partial charge in [-0.3, -0.25) is 4.79 Å². The monoisotopic (exact) mass is 353 g/mol. The van der Waals surface area contributed by atoms with Crippen molar-refractivity contribution < 1.29 is 19.1 Å². The highest BCUT2D eigenvalue weighted by atomic mass is 16.5. The first-order valence-corrected chi connectivity index (χ1v) is 8.42. The first kappa shape index (κ1) is 19.2. The summed E-state index contributed by atoms with van der Waals surface area (Å²) in [6.07, 6.45) is 2.92. The maximum absolute atomic E-state index is 11.9. The van der Waals surface area contributed by atoms with Gasteiger partial charge in [0.05, 0.1) is 6.61 Å². The van der Waals surface area contributed by atoms with Crippen molar-refractivity contribution >= 4 is 23.6 Å². The summed E-state index contributed by atoms with van der Waals surface area (Å²) >= 11 is 0. The molecule has 0 heterocycles. The van der Waals surface area contributed by atoms with Crippen LogP contribution in [0.15, 0.2) is 48.5 Å². The number of carbonyl (C=O) groups is 2. The van der Waals surface area contributed by atoms with Crippen molar-refractivity contribution in [3.63, 3.8) is 0 Å². The number of hydrogen-bond donors (Lipinski definition) is 1. The van der Waals surface area contributed by atoms with Crippen LogP contribution in [0.3, 0.4) is 0 Å². The zero-order valence-corrected chi connectivity index (χ0v) is 15.2. The van der Waals surface area contributed by atoms with Gasteiger partial charge >= 0.3 is 5.97 Å². The third-order valence-electron chi connectivity index (χ3n) is 3.60. The predicted octanol–water partition coefficient (Wildman–Crippen LogP) is 3.90. The van der Waals surface area contributed by atoms with E-state index in [1.165, 1.54) is 6.08 Å². The van der Waals surface area contributed by atoms with E-state index in [1.807, 2.05) is 63.2 Å². The van der Waals surface area contributed by atoms with Crippen molar-refractivity contribution in [3.05, 3.63) is 65.2 Å². The van der Waals surface area contributed by atoms with Gasteiger partial charge in [0.2, 0.25) is 0 Å². The van der Waals surface area contributed by atoms with Crippen LogP contribution in [0.25, 0.3) is 6.08 Å². The van der Waals surface area contributed by atoms with E-state index in [9.17, 15) is 9.59 Å². The molecule has 0 aromatic heterocycles. The Morgan fingerprint density at radius 3 is 2.46 bits per heavy atom. The molecular weight excluding hydrogens is 330 g/mol. The summed E-state index contributed by atoms with van der Waals surface area (Å²) in [6.45, 7) is 6.08. The molecular formula is C21H23NO4. The number of rotatable bonds is 7. The lowest BCUT2D eigenvalue weighted by atomic mass is 10.1. The van der Waals surface area contributed by atoms with Crippen molar-refractivity contribution in [2.24, 2.45) is 0 Å². The van der Waals surface area contributed by atoms with E-state index in [4.69, 9.17) is 9.47 Å². The Morgan fingerprint density at radius 2 is 1.81 bits per heavy atom. The number of anilines is 1. The molecule has 0 atom stereocenters.